The van der Waals surface area contributed by atoms with Gasteiger partial charge in [0.2, 0.25) is 0 Å². The number of carboxylic acids is 1. The van der Waals surface area contributed by atoms with E-state index in [1.165, 1.54) is 11.1 Å². The fourth-order valence-corrected chi connectivity index (χ4v) is 2.23. The zero-order valence-electron chi connectivity index (χ0n) is 9.19. The van der Waals surface area contributed by atoms with E-state index >= 15 is 0 Å². The molecule has 1 N–H and O–H groups in total. The number of rotatable bonds is 4. The molecule has 2 rings (SSSR count). The van der Waals surface area contributed by atoms with E-state index in [-0.39, 0.29) is 6.61 Å². The standard InChI is InChI=1S/C13H16O3/c14-13(15)9-16-8-10-5-6-11-3-1-2-4-12(11)7-10/h1-4,10H,5-9H2,(H,14,15). The second-order valence-electron chi connectivity index (χ2n) is 4.29. The lowest BCUT2D eigenvalue weighted by atomic mass is 9.84. The Balaban J connectivity index is 1.86. The molecule has 1 aliphatic rings. The Morgan fingerprint density at radius 2 is 2.12 bits per heavy atom. The molecular weight excluding hydrogens is 204 g/mol. The highest BCUT2D eigenvalue weighted by Gasteiger charge is 2.18. The topological polar surface area (TPSA) is 46.5 Å². The highest BCUT2D eigenvalue weighted by atomic mass is 16.5. The van der Waals surface area contributed by atoms with Crippen molar-refractivity contribution in [1.82, 2.24) is 0 Å². The molecule has 0 bridgehead atoms. The van der Waals surface area contributed by atoms with Gasteiger partial charge in [-0.3, -0.25) is 0 Å². The molecule has 0 saturated carbocycles. The number of carboxylic acid groups (broad SMARTS) is 1. The zero-order chi connectivity index (χ0) is 11.4. The van der Waals surface area contributed by atoms with E-state index in [0.717, 1.165) is 19.3 Å². The summed E-state index contributed by atoms with van der Waals surface area (Å²) in [5.74, 6) is -0.426. The summed E-state index contributed by atoms with van der Waals surface area (Å²) in [7, 11) is 0. The van der Waals surface area contributed by atoms with Crippen LogP contribution in [-0.2, 0) is 22.4 Å². The van der Waals surface area contributed by atoms with Gasteiger partial charge in [0.05, 0.1) is 6.61 Å². The number of aliphatic carboxylic acids is 1. The SMILES string of the molecule is O=C(O)COCC1CCc2ccccc2C1. The smallest absolute Gasteiger partial charge is 0.329 e. The number of carbonyl (C=O) groups is 1. The molecule has 0 radical (unpaired) electrons. The second kappa shape index (κ2) is 5.12. The van der Waals surface area contributed by atoms with E-state index in [1.807, 2.05) is 0 Å². The monoisotopic (exact) mass is 220 g/mol. The first-order chi connectivity index (χ1) is 7.75. The maximum absolute atomic E-state index is 10.3. The van der Waals surface area contributed by atoms with Gasteiger partial charge < -0.3 is 9.84 Å². The first-order valence-electron chi connectivity index (χ1n) is 5.62. The molecule has 16 heavy (non-hydrogen) atoms. The fourth-order valence-electron chi connectivity index (χ4n) is 2.23. The van der Waals surface area contributed by atoms with Gasteiger partial charge in [-0.2, -0.15) is 0 Å². The highest BCUT2D eigenvalue weighted by molar-refractivity contribution is 5.67. The molecule has 0 spiro atoms. The molecule has 1 unspecified atom stereocenters. The van der Waals surface area contributed by atoms with E-state index in [4.69, 9.17) is 9.84 Å². The third-order valence-electron chi connectivity index (χ3n) is 3.03. The average Bonchev–Trinajstić information content (AvgIpc) is 2.28. The van der Waals surface area contributed by atoms with Crippen molar-refractivity contribution < 1.29 is 14.6 Å². The molecular formula is C13H16O3. The summed E-state index contributed by atoms with van der Waals surface area (Å²) in [5.41, 5.74) is 2.81. The molecule has 0 heterocycles. The van der Waals surface area contributed by atoms with E-state index in [1.54, 1.807) is 0 Å². The van der Waals surface area contributed by atoms with Gasteiger partial charge in [-0.1, -0.05) is 24.3 Å². The molecule has 1 atom stereocenters. The first-order valence-corrected chi connectivity index (χ1v) is 5.62. The molecule has 0 amide bonds. The maximum Gasteiger partial charge on any atom is 0.329 e. The predicted octanol–water partition coefficient (Wildman–Crippen LogP) is 1.89. The first kappa shape index (κ1) is 11.1. The van der Waals surface area contributed by atoms with Gasteiger partial charge in [0.25, 0.3) is 0 Å². The second-order valence-corrected chi connectivity index (χ2v) is 4.29. The van der Waals surface area contributed by atoms with Crippen LogP contribution in [0.3, 0.4) is 0 Å². The van der Waals surface area contributed by atoms with E-state index < -0.39 is 5.97 Å². The maximum atomic E-state index is 10.3. The van der Waals surface area contributed by atoms with Crippen molar-refractivity contribution in [3.8, 4) is 0 Å². The predicted molar refractivity (Wildman–Crippen MR) is 60.4 cm³/mol. The number of hydrogen-bond donors (Lipinski definition) is 1. The number of hydrogen-bond acceptors (Lipinski definition) is 2. The van der Waals surface area contributed by atoms with Crippen LogP contribution in [0.2, 0.25) is 0 Å². The fraction of sp³-hybridized carbons (Fsp3) is 0.462. The Hall–Kier alpha value is -1.35. The van der Waals surface area contributed by atoms with Crippen LogP contribution in [0.25, 0.3) is 0 Å². The Labute approximate surface area is 95.0 Å². The summed E-state index contributed by atoms with van der Waals surface area (Å²) < 4.78 is 5.15. The van der Waals surface area contributed by atoms with Crippen molar-refractivity contribution >= 4 is 5.97 Å². The Bertz CT molecular complexity index is 373. The van der Waals surface area contributed by atoms with Crippen LogP contribution in [0.5, 0.6) is 0 Å². The molecule has 0 saturated heterocycles. The van der Waals surface area contributed by atoms with E-state index in [0.29, 0.717) is 12.5 Å². The van der Waals surface area contributed by atoms with Gasteiger partial charge in [0.1, 0.15) is 6.61 Å². The van der Waals surface area contributed by atoms with Crippen molar-refractivity contribution in [1.29, 1.82) is 0 Å². The van der Waals surface area contributed by atoms with Crippen LogP contribution in [0, 0.1) is 5.92 Å². The molecule has 0 aromatic heterocycles. The lowest BCUT2D eigenvalue weighted by Crippen LogP contribution is -2.21. The number of ether oxygens (including phenoxy) is 1. The third-order valence-corrected chi connectivity index (χ3v) is 3.03. The molecule has 0 aliphatic heterocycles. The molecule has 3 heteroatoms. The van der Waals surface area contributed by atoms with Crippen LogP contribution >= 0.6 is 0 Å². The average molecular weight is 220 g/mol. The molecule has 1 aliphatic carbocycles. The van der Waals surface area contributed by atoms with Gasteiger partial charge in [0, 0.05) is 0 Å². The van der Waals surface area contributed by atoms with Crippen molar-refractivity contribution in [2.24, 2.45) is 5.92 Å². The number of aryl methyl sites for hydroxylation is 1. The Morgan fingerprint density at radius 1 is 1.38 bits per heavy atom. The summed E-state index contributed by atoms with van der Waals surface area (Å²) in [6, 6.07) is 8.45. The van der Waals surface area contributed by atoms with E-state index in [9.17, 15) is 4.79 Å². The molecule has 86 valence electrons. The zero-order valence-corrected chi connectivity index (χ0v) is 9.19. The van der Waals surface area contributed by atoms with Gasteiger partial charge in [0.15, 0.2) is 0 Å². The minimum atomic E-state index is -0.892. The van der Waals surface area contributed by atoms with Crippen LogP contribution in [-0.4, -0.2) is 24.3 Å². The van der Waals surface area contributed by atoms with Gasteiger partial charge in [-0.05, 0) is 36.3 Å². The van der Waals surface area contributed by atoms with Crippen molar-refractivity contribution in [2.75, 3.05) is 13.2 Å². The normalized spacial score (nSPS) is 19.1. The van der Waals surface area contributed by atoms with Crippen LogP contribution < -0.4 is 0 Å². The van der Waals surface area contributed by atoms with Crippen molar-refractivity contribution in [3.63, 3.8) is 0 Å². The van der Waals surface area contributed by atoms with Gasteiger partial charge >= 0.3 is 5.97 Å². The Morgan fingerprint density at radius 3 is 2.88 bits per heavy atom. The summed E-state index contributed by atoms with van der Waals surface area (Å²) in [4.78, 5) is 10.3. The largest absolute Gasteiger partial charge is 0.480 e. The summed E-state index contributed by atoms with van der Waals surface area (Å²) >= 11 is 0. The van der Waals surface area contributed by atoms with Gasteiger partial charge in [-0.15, -0.1) is 0 Å². The lowest BCUT2D eigenvalue weighted by Gasteiger charge is -2.24. The molecule has 0 fully saturated rings. The summed E-state index contributed by atoms with van der Waals surface area (Å²) in [5, 5.41) is 8.48. The lowest BCUT2D eigenvalue weighted by molar-refractivity contribution is -0.142. The van der Waals surface area contributed by atoms with Crippen LogP contribution in [0.1, 0.15) is 17.5 Å². The highest BCUT2D eigenvalue weighted by Crippen LogP contribution is 2.25. The quantitative estimate of drug-likeness (QED) is 0.842. The molecule has 1 aromatic rings. The van der Waals surface area contributed by atoms with Crippen molar-refractivity contribution in [3.05, 3.63) is 35.4 Å². The summed E-state index contributed by atoms with van der Waals surface area (Å²) in [6.07, 6.45) is 3.18. The number of fused-ring (bicyclic) bond motifs is 1. The molecule has 1 aromatic carbocycles. The van der Waals surface area contributed by atoms with Crippen LogP contribution in [0.15, 0.2) is 24.3 Å². The summed E-state index contributed by atoms with van der Waals surface area (Å²) in [6.45, 7) is 0.374. The van der Waals surface area contributed by atoms with Crippen molar-refractivity contribution in [2.45, 2.75) is 19.3 Å². The third kappa shape index (κ3) is 2.83. The minimum Gasteiger partial charge on any atom is -0.480 e. The van der Waals surface area contributed by atoms with Crippen LogP contribution in [0.4, 0.5) is 0 Å². The van der Waals surface area contributed by atoms with E-state index in [2.05, 4.69) is 24.3 Å². The molecule has 3 nitrogen and oxygen atoms in total. The minimum absolute atomic E-state index is 0.182. The number of benzene rings is 1. The van der Waals surface area contributed by atoms with Gasteiger partial charge in [-0.25, -0.2) is 4.79 Å². The Kier molecular flexibility index (Phi) is 3.57.